The van der Waals surface area contributed by atoms with E-state index in [-0.39, 0.29) is 0 Å². The van der Waals surface area contributed by atoms with Gasteiger partial charge in [0.1, 0.15) is 0 Å². The molecule has 0 unspecified atom stereocenters. The van der Waals surface area contributed by atoms with Crippen molar-refractivity contribution in [2.45, 2.75) is 38.0 Å². The molecule has 1 saturated carbocycles. The van der Waals surface area contributed by atoms with Crippen molar-refractivity contribution < 1.29 is 4.79 Å². The molecule has 3 rings (SSSR count). The Balaban J connectivity index is 1.99. The molecule has 1 nitrogen and oxygen atoms in total. The van der Waals surface area contributed by atoms with E-state index in [1.165, 1.54) is 36.0 Å². The van der Waals surface area contributed by atoms with Crippen LogP contribution in [0.25, 0.3) is 5.57 Å². The summed E-state index contributed by atoms with van der Waals surface area (Å²) < 4.78 is 0. The van der Waals surface area contributed by atoms with E-state index in [0.717, 1.165) is 12.3 Å². The topological polar surface area (TPSA) is 17.1 Å². The van der Waals surface area contributed by atoms with Crippen LogP contribution in [0.3, 0.4) is 0 Å². The third-order valence-corrected chi connectivity index (χ3v) is 3.83. The molecule has 1 fully saturated rings. The molecular formula is C15H16O. The Morgan fingerprint density at radius 2 is 1.88 bits per heavy atom. The van der Waals surface area contributed by atoms with Crippen LogP contribution in [-0.4, -0.2) is 5.78 Å². The first-order valence-electron chi connectivity index (χ1n) is 6.17. The molecule has 1 aromatic carbocycles. The predicted octanol–water partition coefficient (Wildman–Crippen LogP) is 3.70. The molecule has 0 radical (unpaired) electrons. The van der Waals surface area contributed by atoms with Crippen LogP contribution < -0.4 is 0 Å². The monoisotopic (exact) mass is 212 g/mol. The molecule has 2 aliphatic carbocycles. The number of hydrogen-bond donors (Lipinski definition) is 0. The van der Waals surface area contributed by atoms with E-state index in [9.17, 15) is 4.79 Å². The zero-order valence-corrected chi connectivity index (χ0v) is 9.41. The van der Waals surface area contributed by atoms with Gasteiger partial charge in [-0.25, -0.2) is 0 Å². The van der Waals surface area contributed by atoms with Crippen LogP contribution in [0.4, 0.5) is 0 Å². The van der Waals surface area contributed by atoms with Crippen LogP contribution in [-0.2, 0) is 4.79 Å². The number of rotatable bonds is 2. The highest BCUT2D eigenvalue weighted by atomic mass is 16.1. The Bertz CT molecular complexity index is 452. The molecule has 0 heterocycles. The summed E-state index contributed by atoms with van der Waals surface area (Å²) >= 11 is 0. The normalized spacial score (nSPS) is 20.8. The Kier molecular flexibility index (Phi) is 2.39. The molecule has 0 aromatic heterocycles. The van der Waals surface area contributed by atoms with Crippen molar-refractivity contribution in [2.75, 3.05) is 0 Å². The van der Waals surface area contributed by atoms with Crippen molar-refractivity contribution in [1.82, 2.24) is 0 Å². The van der Waals surface area contributed by atoms with Crippen LogP contribution in [0.15, 0.2) is 30.3 Å². The van der Waals surface area contributed by atoms with Gasteiger partial charge in [0.15, 0.2) is 5.78 Å². The number of ketones is 1. The van der Waals surface area contributed by atoms with Gasteiger partial charge in [0, 0.05) is 6.42 Å². The van der Waals surface area contributed by atoms with Gasteiger partial charge in [-0.3, -0.25) is 4.79 Å². The third kappa shape index (κ3) is 1.60. The maximum Gasteiger partial charge on any atom is 0.156 e. The van der Waals surface area contributed by atoms with Crippen LogP contribution in [0.2, 0.25) is 0 Å². The lowest BCUT2D eigenvalue weighted by Crippen LogP contribution is -2.10. The van der Waals surface area contributed by atoms with Crippen LogP contribution in [0.5, 0.6) is 0 Å². The van der Waals surface area contributed by atoms with Crippen LogP contribution in [0.1, 0.15) is 49.1 Å². The van der Waals surface area contributed by atoms with Crippen LogP contribution in [0, 0.1) is 0 Å². The van der Waals surface area contributed by atoms with Gasteiger partial charge in [-0.15, -0.1) is 0 Å². The Hall–Kier alpha value is -1.37. The molecule has 2 aliphatic rings. The lowest BCUT2D eigenvalue weighted by Gasteiger charge is -2.28. The lowest BCUT2D eigenvalue weighted by atomic mass is 9.77. The average molecular weight is 212 g/mol. The fourth-order valence-corrected chi connectivity index (χ4v) is 2.67. The zero-order valence-electron chi connectivity index (χ0n) is 9.41. The maximum atomic E-state index is 11.3. The second-order valence-corrected chi connectivity index (χ2v) is 4.85. The van der Waals surface area contributed by atoms with Gasteiger partial charge in [0.05, 0.1) is 0 Å². The molecule has 0 bridgehead atoms. The molecule has 1 aromatic rings. The molecule has 1 heteroatoms. The highest BCUT2D eigenvalue weighted by Gasteiger charge is 2.24. The summed E-state index contributed by atoms with van der Waals surface area (Å²) in [6.45, 7) is 0. The van der Waals surface area contributed by atoms with Crippen molar-refractivity contribution in [1.29, 1.82) is 0 Å². The summed E-state index contributed by atoms with van der Waals surface area (Å²) in [6.07, 6.45) is 7.47. The fourth-order valence-electron chi connectivity index (χ4n) is 2.67. The summed E-state index contributed by atoms with van der Waals surface area (Å²) in [5.74, 6) is 1.03. The van der Waals surface area contributed by atoms with Gasteiger partial charge in [0.25, 0.3) is 0 Å². The molecule has 0 amide bonds. The Labute approximate surface area is 96.2 Å². The number of carbonyl (C=O) groups is 1. The van der Waals surface area contributed by atoms with E-state index in [1.54, 1.807) is 0 Å². The maximum absolute atomic E-state index is 11.3. The number of hydrogen-bond acceptors (Lipinski definition) is 1. The first-order chi connectivity index (χ1) is 7.84. The van der Waals surface area contributed by atoms with E-state index in [2.05, 4.69) is 24.3 Å². The minimum atomic E-state index is 0.290. The van der Waals surface area contributed by atoms with Gasteiger partial charge < -0.3 is 0 Å². The van der Waals surface area contributed by atoms with Crippen molar-refractivity contribution >= 4 is 11.4 Å². The minimum Gasteiger partial charge on any atom is -0.295 e. The Morgan fingerprint density at radius 1 is 1.06 bits per heavy atom. The average Bonchev–Trinajstić information content (AvgIpc) is 2.63. The highest BCUT2D eigenvalue weighted by Crippen LogP contribution is 2.41. The zero-order chi connectivity index (χ0) is 11.0. The van der Waals surface area contributed by atoms with Gasteiger partial charge in [-0.1, -0.05) is 30.7 Å². The van der Waals surface area contributed by atoms with E-state index in [1.807, 2.05) is 6.08 Å². The van der Waals surface area contributed by atoms with Crippen molar-refractivity contribution in [3.8, 4) is 0 Å². The summed E-state index contributed by atoms with van der Waals surface area (Å²) in [7, 11) is 0. The minimum absolute atomic E-state index is 0.290. The summed E-state index contributed by atoms with van der Waals surface area (Å²) in [5, 5.41) is 0. The molecular weight excluding hydrogens is 196 g/mol. The largest absolute Gasteiger partial charge is 0.295 e. The van der Waals surface area contributed by atoms with Gasteiger partial charge >= 0.3 is 0 Å². The molecule has 82 valence electrons. The summed E-state index contributed by atoms with van der Waals surface area (Å²) in [6, 6.07) is 8.62. The van der Waals surface area contributed by atoms with E-state index < -0.39 is 0 Å². The summed E-state index contributed by atoms with van der Waals surface area (Å²) in [5.41, 5.74) is 4.06. The molecule has 0 atom stereocenters. The van der Waals surface area contributed by atoms with Crippen molar-refractivity contribution in [3.63, 3.8) is 0 Å². The molecule has 16 heavy (non-hydrogen) atoms. The molecule has 0 saturated heterocycles. The first-order valence-corrected chi connectivity index (χ1v) is 6.17. The Morgan fingerprint density at radius 3 is 2.50 bits per heavy atom. The molecule has 0 aliphatic heterocycles. The van der Waals surface area contributed by atoms with Crippen molar-refractivity contribution in [2.24, 2.45) is 0 Å². The third-order valence-electron chi connectivity index (χ3n) is 3.83. The van der Waals surface area contributed by atoms with Crippen molar-refractivity contribution in [3.05, 3.63) is 41.5 Å². The summed E-state index contributed by atoms with van der Waals surface area (Å²) in [4.78, 5) is 11.3. The fraction of sp³-hybridized carbons (Fsp3) is 0.400. The number of allylic oxidation sites excluding steroid dienone is 2. The smallest absolute Gasteiger partial charge is 0.156 e. The quantitative estimate of drug-likeness (QED) is 0.730. The number of benzene rings is 1. The SMILES string of the molecule is O=C1C=C(c2ccccc2C2CCC2)CC1. The first kappa shape index (κ1) is 9.83. The second-order valence-electron chi connectivity index (χ2n) is 4.85. The number of carbonyl (C=O) groups excluding carboxylic acids is 1. The highest BCUT2D eigenvalue weighted by molar-refractivity contribution is 6.01. The standard InChI is InChI=1S/C15H16O/c16-13-9-8-12(10-13)15-7-2-1-6-14(15)11-4-3-5-11/h1-2,6-7,10-11H,3-5,8-9H2. The second kappa shape index (κ2) is 3.89. The van der Waals surface area contributed by atoms with Gasteiger partial charge in [-0.05, 0) is 48.0 Å². The lowest BCUT2D eigenvalue weighted by molar-refractivity contribution is -0.114. The van der Waals surface area contributed by atoms with E-state index >= 15 is 0 Å². The molecule has 0 spiro atoms. The van der Waals surface area contributed by atoms with E-state index in [4.69, 9.17) is 0 Å². The predicted molar refractivity (Wildman–Crippen MR) is 65.3 cm³/mol. The van der Waals surface area contributed by atoms with E-state index in [0.29, 0.717) is 12.2 Å². The van der Waals surface area contributed by atoms with Gasteiger partial charge in [0.2, 0.25) is 0 Å². The van der Waals surface area contributed by atoms with Crippen LogP contribution >= 0.6 is 0 Å². The molecule has 0 N–H and O–H groups in total. The van der Waals surface area contributed by atoms with Gasteiger partial charge in [-0.2, -0.15) is 0 Å².